The molecule has 0 saturated heterocycles. The second-order valence-electron chi connectivity index (χ2n) is 5.67. The van der Waals surface area contributed by atoms with Crippen LogP contribution < -0.4 is 0 Å². The topological polar surface area (TPSA) is 28.4 Å². The average Bonchev–Trinajstić information content (AvgIpc) is 2.92. The summed E-state index contributed by atoms with van der Waals surface area (Å²) >= 11 is 0. The van der Waals surface area contributed by atoms with E-state index in [0.29, 0.717) is 0 Å². The smallest absolute Gasteiger partial charge is 0.0648 e. The second kappa shape index (κ2) is 6.74. The van der Waals surface area contributed by atoms with Crippen molar-refractivity contribution in [2.75, 3.05) is 6.61 Å². The maximum atomic E-state index is 9.81. The number of aryl methyl sites for hydroxylation is 1. The largest absolute Gasteiger partial charge is 0.394 e. The van der Waals surface area contributed by atoms with E-state index in [1.54, 1.807) is 0 Å². The van der Waals surface area contributed by atoms with Gasteiger partial charge in [0.25, 0.3) is 0 Å². The summed E-state index contributed by atoms with van der Waals surface area (Å²) in [5.41, 5.74) is 2.00. The summed E-state index contributed by atoms with van der Waals surface area (Å²) in [7, 11) is 2.04. The van der Waals surface area contributed by atoms with Gasteiger partial charge in [0.2, 0.25) is 0 Å². The van der Waals surface area contributed by atoms with E-state index < -0.39 is 5.54 Å². The molecule has 21 heavy (non-hydrogen) atoms. The van der Waals surface area contributed by atoms with Gasteiger partial charge in [0, 0.05) is 32.0 Å². The molecule has 1 aromatic heterocycles. The number of aliphatic hydroxyl groups is 1. The van der Waals surface area contributed by atoms with Gasteiger partial charge in [0.1, 0.15) is 0 Å². The van der Waals surface area contributed by atoms with E-state index in [1.165, 1.54) is 11.3 Å². The van der Waals surface area contributed by atoms with Crippen LogP contribution >= 0.6 is 0 Å². The van der Waals surface area contributed by atoms with Crippen LogP contribution in [0.15, 0.2) is 61.3 Å². The highest BCUT2D eigenvalue weighted by Crippen LogP contribution is 2.22. The number of hydrogen-bond donors (Lipinski definition) is 1. The Hall–Kier alpha value is -1.84. The summed E-state index contributed by atoms with van der Waals surface area (Å²) in [6.45, 7) is 7.52. The Labute approximate surface area is 127 Å². The first-order valence-corrected chi connectivity index (χ1v) is 7.22. The first kappa shape index (κ1) is 15.5. The molecular formula is C18H24N2O. The van der Waals surface area contributed by atoms with E-state index in [4.69, 9.17) is 0 Å². The Morgan fingerprint density at radius 1 is 1.19 bits per heavy atom. The zero-order valence-electron chi connectivity index (χ0n) is 12.9. The van der Waals surface area contributed by atoms with Crippen LogP contribution in [0.1, 0.15) is 18.2 Å². The maximum Gasteiger partial charge on any atom is 0.0648 e. The average molecular weight is 284 g/mol. The number of rotatable bonds is 7. The van der Waals surface area contributed by atoms with Gasteiger partial charge in [-0.1, -0.05) is 36.4 Å². The Bertz CT molecular complexity index is 576. The molecule has 0 fully saturated rings. The first-order valence-electron chi connectivity index (χ1n) is 7.22. The van der Waals surface area contributed by atoms with Gasteiger partial charge in [0.15, 0.2) is 0 Å². The number of aromatic nitrogens is 1. The van der Waals surface area contributed by atoms with Gasteiger partial charge in [-0.2, -0.15) is 0 Å². The number of benzene rings is 1. The summed E-state index contributed by atoms with van der Waals surface area (Å²) in [5, 5.41) is 9.81. The molecule has 0 aliphatic rings. The summed E-state index contributed by atoms with van der Waals surface area (Å²) in [4.78, 5) is 2.25. The fourth-order valence-corrected chi connectivity index (χ4v) is 2.37. The molecule has 2 aromatic rings. The third-order valence-corrected chi connectivity index (χ3v) is 4.10. The number of nitrogens with zero attached hydrogens (tertiary/aromatic N) is 2. The van der Waals surface area contributed by atoms with Crippen LogP contribution in [0.3, 0.4) is 0 Å². The zero-order valence-corrected chi connectivity index (χ0v) is 12.9. The van der Waals surface area contributed by atoms with E-state index in [1.807, 2.05) is 50.5 Å². The Balaban J connectivity index is 2.26. The highest BCUT2D eigenvalue weighted by Gasteiger charge is 2.28. The molecule has 1 aromatic carbocycles. The molecule has 1 unspecified atom stereocenters. The molecule has 2 rings (SSSR count). The first-order chi connectivity index (χ1) is 10.1. The van der Waals surface area contributed by atoms with Crippen LogP contribution in [0.4, 0.5) is 0 Å². The molecule has 0 amide bonds. The minimum absolute atomic E-state index is 0.0494. The van der Waals surface area contributed by atoms with Crippen molar-refractivity contribution in [3.63, 3.8) is 0 Å². The second-order valence-corrected chi connectivity index (χ2v) is 5.67. The molecule has 0 bridgehead atoms. The highest BCUT2D eigenvalue weighted by molar-refractivity contribution is 5.17. The van der Waals surface area contributed by atoms with Crippen LogP contribution in [0.5, 0.6) is 0 Å². The van der Waals surface area contributed by atoms with Crippen LogP contribution in [-0.2, 0) is 20.1 Å². The van der Waals surface area contributed by atoms with Crippen molar-refractivity contribution >= 4 is 0 Å². The van der Waals surface area contributed by atoms with Crippen LogP contribution in [0.2, 0.25) is 0 Å². The molecule has 0 aliphatic heterocycles. The van der Waals surface area contributed by atoms with Crippen LogP contribution in [0.25, 0.3) is 0 Å². The molecule has 112 valence electrons. The summed E-state index contributed by atoms with van der Waals surface area (Å²) < 4.78 is 2.11. The quantitative estimate of drug-likeness (QED) is 0.792. The minimum Gasteiger partial charge on any atom is -0.394 e. The number of aliphatic hydroxyl groups excluding tert-OH is 1. The lowest BCUT2D eigenvalue weighted by Crippen LogP contribution is -2.46. The lowest BCUT2D eigenvalue weighted by molar-refractivity contribution is 0.0643. The molecular weight excluding hydrogens is 260 g/mol. The van der Waals surface area contributed by atoms with Crippen molar-refractivity contribution in [1.29, 1.82) is 0 Å². The van der Waals surface area contributed by atoms with Crippen LogP contribution in [-0.4, -0.2) is 26.7 Å². The maximum absolute atomic E-state index is 9.81. The van der Waals surface area contributed by atoms with Crippen molar-refractivity contribution in [2.24, 2.45) is 7.05 Å². The van der Waals surface area contributed by atoms with Gasteiger partial charge in [-0.15, -0.1) is 6.58 Å². The Morgan fingerprint density at radius 2 is 1.90 bits per heavy atom. The SMILES string of the molecule is C=CC(C)(CO)N(Cc1ccccc1)Cc1cccn1C. The zero-order chi connectivity index (χ0) is 15.3. The van der Waals surface area contributed by atoms with Gasteiger partial charge in [-0.3, -0.25) is 4.90 Å². The van der Waals surface area contributed by atoms with Crippen LogP contribution in [0, 0.1) is 0 Å². The lowest BCUT2D eigenvalue weighted by atomic mass is 9.99. The standard InChI is InChI=1S/C18H24N2O/c1-4-18(2,15-21)20(13-16-9-6-5-7-10-16)14-17-11-8-12-19(17)3/h4-12,21H,1,13-15H2,2-3H3. The molecule has 1 heterocycles. The molecule has 0 aliphatic carbocycles. The predicted octanol–water partition coefficient (Wildman–Crippen LogP) is 2.96. The van der Waals surface area contributed by atoms with E-state index in [9.17, 15) is 5.11 Å². The third kappa shape index (κ3) is 3.63. The van der Waals surface area contributed by atoms with Gasteiger partial charge in [-0.25, -0.2) is 0 Å². The van der Waals surface area contributed by atoms with E-state index in [2.05, 4.69) is 34.2 Å². The van der Waals surface area contributed by atoms with Crippen molar-refractivity contribution in [1.82, 2.24) is 9.47 Å². The minimum atomic E-state index is -0.444. The van der Waals surface area contributed by atoms with E-state index in [-0.39, 0.29) is 6.61 Å². The molecule has 0 radical (unpaired) electrons. The predicted molar refractivity (Wildman–Crippen MR) is 86.8 cm³/mol. The molecule has 1 atom stereocenters. The summed E-state index contributed by atoms with van der Waals surface area (Å²) in [6, 6.07) is 14.5. The van der Waals surface area contributed by atoms with Gasteiger partial charge in [0.05, 0.1) is 12.1 Å². The Kier molecular flexibility index (Phi) is 4.99. The monoisotopic (exact) mass is 284 g/mol. The van der Waals surface area contributed by atoms with Gasteiger partial charge >= 0.3 is 0 Å². The van der Waals surface area contributed by atoms with E-state index in [0.717, 1.165) is 13.1 Å². The van der Waals surface area contributed by atoms with Gasteiger partial charge in [-0.05, 0) is 24.6 Å². The van der Waals surface area contributed by atoms with E-state index >= 15 is 0 Å². The number of hydrogen-bond acceptors (Lipinski definition) is 2. The molecule has 3 nitrogen and oxygen atoms in total. The van der Waals surface area contributed by atoms with Crippen molar-refractivity contribution in [3.8, 4) is 0 Å². The fraction of sp³-hybridized carbons (Fsp3) is 0.333. The van der Waals surface area contributed by atoms with Gasteiger partial charge < -0.3 is 9.67 Å². The molecule has 0 saturated carbocycles. The van der Waals surface area contributed by atoms with Crippen molar-refractivity contribution in [3.05, 3.63) is 72.6 Å². The molecule has 1 N–H and O–H groups in total. The highest BCUT2D eigenvalue weighted by atomic mass is 16.3. The lowest BCUT2D eigenvalue weighted by Gasteiger charge is -2.38. The van der Waals surface area contributed by atoms with Crippen molar-refractivity contribution in [2.45, 2.75) is 25.6 Å². The molecule has 3 heteroatoms. The normalized spacial score (nSPS) is 14.1. The molecule has 0 spiro atoms. The Morgan fingerprint density at radius 3 is 2.43 bits per heavy atom. The van der Waals surface area contributed by atoms with Crippen molar-refractivity contribution < 1.29 is 5.11 Å². The third-order valence-electron chi connectivity index (χ3n) is 4.10. The summed E-state index contributed by atoms with van der Waals surface area (Å²) in [6.07, 6.45) is 3.87. The fourth-order valence-electron chi connectivity index (χ4n) is 2.37. The summed E-state index contributed by atoms with van der Waals surface area (Å²) in [5.74, 6) is 0.